The molecule has 2 aliphatic heterocycles. The molecule has 2 aliphatic rings. The smallest absolute Gasteiger partial charge is 0.251 e. The Labute approximate surface area is 216 Å². The number of imidazole rings is 1. The molecular formula is C29H32N6O2. The monoisotopic (exact) mass is 496 g/mol. The molecule has 2 aromatic carbocycles. The number of likely N-dealkylation sites (N-methyl/N-ethyl adjacent to an activating group) is 1. The summed E-state index contributed by atoms with van der Waals surface area (Å²) < 4.78 is 7.76. The topological polar surface area (TPSA) is 82.9 Å². The van der Waals surface area contributed by atoms with Gasteiger partial charge in [0, 0.05) is 48.3 Å². The van der Waals surface area contributed by atoms with E-state index >= 15 is 0 Å². The fourth-order valence-corrected chi connectivity index (χ4v) is 5.39. The zero-order valence-electron chi connectivity index (χ0n) is 21.0. The molecule has 8 heteroatoms. The number of ether oxygens (including phenoxy) is 1. The molecule has 1 fully saturated rings. The maximum atomic E-state index is 12.7. The maximum absolute atomic E-state index is 12.7. The predicted molar refractivity (Wildman–Crippen MR) is 145 cm³/mol. The number of rotatable bonds is 7. The van der Waals surface area contributed by atoms with Crippen LogP contribution in [0, 0.1) is 0 Å². The minimum absolute atomic E-state index is 0.0276. The Kier molecular flexibility index (Phi) is 6.51. The number of hydrogen-bond acceptors (Lipinski definition) is 6. The average Bonchev–Trinajstić information content (AvgIpc) is 3.62. The van der Waals surface area contributed by atoms with Crippen LogP contribution in [0.25, 0.3) is 16.9 Å². The van der Waals surface area contributed by atoms with Crippen molar-refractivity contribution >= 4 is 22.9 Å². The number of anilines is 2. The number of pyridine rings is 1. The molecule has 0 radical (unpaired) electrons. The number of nitrogens with zero attached hydrogens (tertiary/aromatic N) is 3. The third kappa shape index (κ3) is 4.77. The fourth-order valence-electron chi connectivity index (χ4n) is 5.39. The highest BCUT2D eigenvalue weighted by Crippen LogP contribution is 2.31. The Hall–Kier alpha value is -3.88. The van der Waals surface area contributed by atoms with Gasteiger partial charge in [-0.25, -0.2) is 4.98 Å². The van der Waals surface area contributed by atoms with Gasteiger partial charge in [0.15, 0.2) is 5.65 Å². The van der Waals surface area contributed by atoms with Crippen LogP contribution in [0.3, 0.4) is 0 Å². The second-order valence-electron chi connectivity index (χ2n) is 9.63. The minimum Gasteiger partial charge on any atom is -0.478 e. The molecule has 1 amide bonds. The molecule has 0 saturated carbocycles. The second kappa shape index (κ2) is 10.2. The summed E-state index contributed by atoms with van der Waals surface area (Å²) in [5.74, 6) is 0.904. The van der Waals surface area contributed by atoms with Crippen molar-refractivity contribution in [3.05, 3.63) is 78.1 Å². The predicted octanol–water partition coefficient (Wildman–Crippen LogP) is 4.40. The number of fused-ring (bicyclic) bond motifs is 2. The first kappa shape index (κ1) is 23.5. The summed E-state index contributed by atoms with van der Waals surface area (Å²) in [5.41, 5.74) is 6.61. The second-order valence-corrected chi connectivity index (χ2v) is 9.63. The van der Waals surface area contributed by atoms with Crippen molar-refractivity contribution in [2.45, 2.75) is 32.4 Å². The molecule has 190 valence electrons. The summed E-state index contributed by atoms with van der Waals surface area (Å²) >= 11 is 0. The van der Waals surface area contributed by atoms with E-state index in [2.05, 4.69) is 55.4 Å². The van der Waals surface area contributed by atoms with Crippen molar-refractivity contribution < 1.29 is 9.53 Å². The molecule has 1 saturated heterocycles. The zero-order valence-corrected chi connectivity index (χ0v) is 21.0. The molecule has 37 heavy (non-hydrogen) atoms. The van der Waals surface area contributed by atoms with Crippen LogP contribution in [0.4, 0.5) is 11.4 Å². The van der Waals surface area contributed by atoms with Crippen LogP contribution in [-0.2, 0) is 6.54 Å². The number of aromatic nitrogens is 2. The van der Waals surface area contributed by atoms with Gasteiger partial charge < -0.3 is 15.4 Å². The van der Waals surface area contributed by atoms with E-state index in [0.717, 1.165) is 65.6 Å². The summed E-state index contributed by atoms with van der Waals surface area (Å²) in [6, 6.07) is 18.5. The van der Waals surface area contributed by atoms with Gasteiger partial charge in [0.05, 0.1) is 11.4 Å². The molecular weight excluding hydrogens is 464 g/mol. The molecule has 0 bridgehead atoms. The van der Waals surface area contributed by atoms with Gasteiger partial charge in [-0.05, 0) is 86.1 Å². The highest BCUT2D eigenvalue weighted by molar-refractivity contribution is 5.94. The van der Waals surface area contributed by atoms with E-state index in [-0.39, 0.29) is 5.91 Å². The van der Waals surface area contributed by atoms with Crippen LogP contribution in [0.5, 0.6) is 5.75 Å². The van der Waals surface area contributed by atoms with Crippen molar-refractivity contribution in [2.24, 2.45) is 0 Å². The molecule has 4 heterocycles. The lowest BCUT2D eigenvalue weighted by atomic mass is 10.1. The quantitative estimate of drug-likeness (QED) is 0.352. The summed E-state index contributed by atoms with van der Waals surface area (Å²) in [4.78, 5) is 19.7. The molecule has 0 spiro atoms. The van der Waals surface area contributed by atoms with Crippen LogP contribution >= 0.6 is 0 Å². The molecule has 0 aliphatic carbocycles. The van der Waals surface area contributed by atoms with Crippen LogP contribution in [0.15, 0.2) is 67.0 Å². The maximum Gasteiger partial charge on any atom is 0.251 e. The highest BCUT2D eigenvalue weighted by atomic mass is 16.5. The molecule has 6 rings (SSSR count). The van der Waals surface area contributed by atoms with E-state index < -0.39 is 0 Å². The molecule has 4 aromatic rings. The third-order valence-electron chi connectivity index (χ3n) is 7.38. The summed E-state index contributed by atoms with van der Waals surface area (Å²) in [6.07, 6.45) is 6.14. The van der Waals surface area contributed by atoms with Gasteiger partial charge in [0.2, 0.25) is 0 Å². The van der Waals surface area contributed by atoms with Gasteiger partial charge in [0.1, 0.15) is 12.5 Å². The molecule has 2 aromatic heterocycles. The van der Waals surface area contributed by atoms with Gasteiger partial charge in [0.25, 0.3) is 5.91 Å². The van der Waals surface area contributed by atoms with Crippen molar-refractivity contribution in [2.75, 3.05) is 31.7 Å². The summed E-state index contributed by atoms with van der Waals surface area (Å²) in [7, 11) is 0. The first-order valence-electron chi connectivity index (χ1n) is 13.0. The van der Waals surface area contributed by atoms with E-state index in [1.165, 1.54) is 6.42 Å². The van der Waals surface area contributed by atoms with Gasteiger partial charge in [-0.15, -0.1) is 0 Å². The first-order chi connectivity index (χ1) is 18.2. The fraction of sp³-hybridized carbons (Fsp3) is 0.310. The summed E-state index contributed by atoms with van der Waals surface area (Å²) in [5, 5.41) is 9.82. The molecule has 8 nitrogen and oxygen atoms in total. The van der Waals surface area contributed by atoms with E-state index in [4.69, 9.17) is 4.74 Å². The van der Waals surface area contributed by atoms with Gasteiger partial charge in [-0.1, -0.05) is 6.92 Å². The zero-order chi connectivity index (χ0) is 25.2. The molecule has 0 unspecified atom stereocenters. The Morgan fingerprint density at radius 3 is 2.92 bits per heavy atom. The van der Waals surface area contributed by atoms with Crippen LogP contribution in [0.1, 0.15) is 35.7 Å². The van der Waals surface area contributed by atoms with Gasteiger partial charge >= 0.3 is 0 Å². The van der Waals surface area contributed by atoms with E-state index in [0.29, 0.717) is 24.9 Å². The van der Waals surface area contributed by atoms with Crippen LogP contribution < -0.4 is 20.7 Å². The minimum atomic E-state index is -0.0276. The van der Waals surface area contributed by atoms with Crippen molar-refractivity contribution in [3.8, 4) is 17.0 Å². The largest absolute Gasteiger partial charge is 0.478 e. The molecule has 3 N–H and O–H groups in total. The normalized spacial score (nSPS) is 17.4. The number of amides is 1. The summed E-state index contributed by atoms with van der Waals surface area (Å²) in [6.45, 7) is 6.37. The molecule has 1 atom stereocenters. The van der Waals surface area contributed by atoms with Crippen molar-refractivity contribution in [1.29, 1.82) is 0 Å². The standard InChI is InChI=1S/C29H32N6O2/c1-2-34-14-3-4-24(34)18-32-29(36)20-5-8-23(9-6-20)33-25-10-11-26(35-15-13-31-28(25)35)21-7-12-27-22(16-21)17-30-19-37-27/h5-13,15-16,24,30,33H,2-4,14,17-19H2,1H3,(H,32,36)/t24-/m0/s1. The number of hydrogen-bond donors (Lipinski definition) is 3. The number of likely N-dealkylation sites (tertiary alicyclic amines) is 1. The third-order valence-corrected chi connectivity index (χ3v) is 7.38. The van der Waals surface area contributed by atoms with Crippen LogP contribution in [0.2, 0.25) is 0 Å². The Bertz CT molecular complexity index is 1410. The number of nitrogens with one attached hydrogen (secondary N) is 3. The highest BCUT2D eigenvalue weighted by Gasteiger charge is 2.23. The van der Waals surface area contributed by atoms with Gasteiger partial charge in [-0.2, -0.15) is 0 Å². The lowest BCUT2D eigenvalue weighted by molar-refractivity contribution is 0.0941. The number of carbonyl (C=O) groups is 1. The average molecular weight is 497 g/mol. The number of carbonyl (C=O) groups excluding carboxylic acids is 1. The SMILES string of the molecule is CCN1CCC[C@H]1CNC(=O)c1ccc(Nc2ccc(-c3ccc4c(c3)CNCO4)n3ccnc23)cc1. The Balaban J connectivity index is 1.16. The first-order valence-corrected chi connectivity index (χ1v) is 13.0. The van der Waals surface area contributed by atoms with Crippen LogP contribution in [-0.4, -0.2) is 52.6 Å². The van der Waals surface area contributed by atoms with Gasteiger partial charge in [-0.3, -0.25) is 19.4 Å². The van der Waals surface area contributed by atoms with Crippen molar-refractivity contribution in [3.63, 3.8) is 0 Å². The Morgan fingerprint density at radius 2 is 2.05 bits per heavy atom. The lowest BCUT2D eigenvalue weighted by Crippen LogP contribution is -2.40. The van der Waals surface area contributed by atoms with E-state index in [1.54, 1.807) is 0 Å². The lowest BCUT2D eigenvalue weighted by Gasteiger charge is -2.22. The van der Waals surface area contributed by atoms with E-state index in [9.17, 15) is 4.79 Å². The number of benzene rings is 2. The Morgan fingerprint density at radius 1 is 1.16 bits per heavy atom. The van der Waals surface area contributed by atoms with E-state index in [1.807, 2.05) is 48.8 Å². The van der Waals surface area contributed by atoms with Crippen molar-refractivity contribution in [1.82, 2.24) is 24.9 Å².